The summed E-state index contributed by atoms with van der Waals surface area (Å²) in [6, 6.07) is 11.0. The van der Waals surface area contributed by atoms with Gasteiger partial charge in [-0.05, 0) is 58.7 Å². The van der Waals surface area contributed by atoms with Crippen LogP contribution in [0.15, 0.2) is 45.8 Å². The Morgan fingerprint density at radius 1 is 1.33 bits per heavy atom. The van der Waals surface area contributed by atoms with Gasteiger partial charge in [0.1, 0.15) is 0 Å². The molecule has 0 atom stereocenters. The first-order valence-electron chi connectivity index (χ1n) is 6.19. The highest BCUT2D eigenvalue weighted by Gasteiger charge is 2.08. The molecule has 2 rings (SSSR count). The van der Waals surface area contributed by atoms with Crippen LogP contribution in [0.25, 0.3) is 0 Å². The van der Waals surface area contributed by atoms with Crippen molar-refractivity contribution in [1.82, 2.24) is 0 Å². The minimum Gasteiger partial charge on any atom is -0.399 e. The Labute approximate surface area is 141 Å². The molecule has 6 heteroatoms. The zero-order valence-corrected chi connectivity index (χ0v) is 14.5. The Morgan fingerprint density at radius 2 is 2.10 bits per heavy atom. The number of hydrogen-bond donors (Lipinski definition) is 2. The number of thioether (sulfide) groups is 1. The Kier molecular flexibility index (Phi) is 5.56. The summed E-state index contributed by atoms with van der Waals surface area (Å²) in [5, 5.41) is 3.42. The molecule has 0 heterocycles. The van der Waals surface area contributed by atoms with Crippen molar-refractivity contribution in [2.75, 3.05) is 16.8 Å². The summed E-state index contributed by atoms with van der Waals surface area (Å²) >= 11 is 10.9. The van der Waals surface area contributed by atoms with Crippen molar-refractivity contribution in [2.45, 2.75) is 11.8 Å². The van der Waals surface area contributed by atoms with Gasteiger partial charge >= 0.3 is 0 Å². The van der Waals surface area contributed by atoms with E-state index >= 15 is 0 Å². The molecule has 2 aromatic carbocycles. The number of nitrogens with one attached hydrogen (secondary N) is 1. The van der Waals surface area contributed by atoms with Crippen LogP contribution >= 0.6 is 39.3 Å². The molecule has 0 radical (unpaired) electrons. The molecule has 0 unspecified atom stereocenters. The monoisotopic (exact) mass is 384 g/mol. The van der Waals surface area contributed by atoms with Crippen molar-refractivity contribution in [3.8, 4) is 0 Å². The van der Waals surface area contributed by atoms with E-state index in [1.54, 1.807) is 12.1 Å². The SMILES string of the molecule is Cc1ccc(NC(=O)CSc2ccc(N)cc2Cl)c(Br)c1. The van der Waals surface area contributed by atoms with Crippen molar-refractivity contribution in [3.63, 3.8) is 0 Å². The van der Waals surface area contributed by atoms with Gasteiger partial charge in [-0.15, -0.1) is 11.8 Å². The van der Waals surface area contributed by atoms with E-state index in [4.69, 9.17) is 17.3 Å². The van der Waals surface area contributed by atoms with Crippen LogP contribution in [-0.4, -0.2) is 11.7 Å². The van der Waals surface area contributed by atoms with Crippen molar-refractivity contribution < 1.29 is 4.79 Å². The van der Waals surface area contributed by atoms with E-state index in [0.717, 1.165) is 20.6 Å². The molecule has 2 aromatic rings. The predicted molar refractivity (Wildman–Crippen MR) is 94.1 cm³/mol. The topological polar surface area (TPSA) is 55.1 Å². The number of aryl methyl sites for hydroxylation is 1. The number of carbonyl (C=O) groups excluding carboxylic acids is 1. The summed E-state index contributed by atoms with van der Waals surface area (Å²) in [6.45, 7) is 2.00. The second-order valence-electron chi connectivity index (χ2n) is 4.51. The highest BCUT2D eigenvalue weighted by Crippen LogP contribution is 2.29. The van der Waals surface area contributed by atoms with Gasteiger partial charge in [0.05, 0.1) is 16.5 Å². The lowest BCUT2D eigenvalue weighted by atomic mass is 10.2. The minimum atomic E-state index is -0.0857. The van der Waals surface area contributed by atoms with E-state index in [1.165, 1.54) is 11.8 Å². The Balaban J connectivity index is 1.96. The van der Waals surface area contributed by atoms with E-state index in [1.807, 2.05) is 31.2 Å². The summed E-state index contributed by atoms with van der Waals surface area (Å²) in [4.78, 5) is 12.8. The van der Waals surface area contributed by atoms with Crippen LogP contribution in [0, 0.1) is 6.92 Å². The number of hydrogen-bond acceptors (Lipinski definition) is 3. The summed E-state index contributed by atoms with van der Waals surface area (Å²) in [5.41, 5.74) is 8.13. The van der Waals surface area contributed by atoms with Gasteiger partial charge in [0.25, 0.3) is 0 Å². The number of carbonyl (C=O) groups is 1. The molecule has 3 nitrogen and oxygen atoms in total. The molecule has 0 spiro atoms. The van der Waals surface area contributed by atoms with Crippen LogP contribution in [0.4, 0.5) is 11.4 Å². The fourth-order valence-electron chi connectivity index (χ4n) is 1.69. The van der Waals surface area contributed by atoms with Gasteiger partial charge in [-0.2, -0.15) is 0 Å². The molecule has 0 aliphatic carbocycles. The summed E-state index contributed by atoms with van der Waals surface area (Å²) < 4.78 is 0.867. The van der Waals surface area contributed by atoms with Crippen molar-refractivity contribution in [1.29, 1.82) is 0 Å². The normalized spacial score (nSPS) is 10.4. The van der Waals surface area contributed by atoms with Crippen molar-refractivity contribution in [3.05, 3.63) is 51.5 Å². The van der Waals surface area contributed by atoms with Crippen LogP contribution < -0.4 is 11.1 Å². The maximum Gasteiger partial charge on any atom is 0.234 e. The third-order valence-corrected chi connectivity index (χ3v) is 4.87. The number of halogens is 2. The van der Waals surface area contributed by atoms with Crippen molar-refractivity contribution in [2.24, 2.45) is 0 Å². The second kappa shape index (κ2) is 7.20. The maximum absolute atomic E-state index is 12.0. The lowest BCUT2D eigenvalue weighted by Crippen LogP contribution is -2.14. The highest BCUT2D eigenvalue weighted by molar-refractivity contribution is 9.10. The molecular formula is C15H14BrClN2OS. The average Bonchev–Trinajstić information content (AvgIpc) is 2.41. The maximum atomic E-state index is 12.0. The number of amides is 1. The summed E-state index contributed by atoms with van der Waals surface area (Å²) in [6.07, 6.45) is 0. The molecule has 3 N–H and O–H groups in total. The Morgan fingerprint density at radius 3 is 2.76 bits per heavy atom. The molecular weight excluding hydrogens is 372 g/mol. The van der Waals surface area contributed by atoms with E-state index in [9.17, 15) is 4.79 Å². The molecule has 110 valence electrons. The van der Waals surface area contributed by atoms with Gasteiger partial charge in [0, 0.05) is 15.1 Å². The molecule has 21 heavy (non-hydrogen) atoms. The molecule has 0 fully saturated rings. The number of nitrogens with two attached hydrogens (primary N) is 1. The van der Waals surface area contributed by atoms with Crippen LogP contribution in [0.5, 0.6) is 0 Å². The predicted octanol–water partition coefficient (Wildman–Crippen LogP) is 4.72. The quantitative estimate of drug-likeness (QED) is 0.591. The molecule has 0 aliphatic heterocycles. The van der Waals surface area contributed by atoms with Gasteiger partial charge in [-0.1, -0.05) is 17.7 Å². The molecule has 0 aliphatic rings. The van der Waals surface area contributed by atoms with E-state index in [2.05, 4.69) is 21.2 Å². The number of anilines is 2. The molecule has 0 aromatic heterocycles. The smallest absolute Gasteiger partial charge is 0.234 e. The third kappa shape index (κ3) is 4.66. The lowest BCUT2D eigenvalue weighted by molar-refractivity contribution is -0.113. The number of nitrogen functional groups attached to an aromatic ring is 1. The van der Waals surface area contributed by atoms with E-state index < -0.39 is 0 Å². The first-order chi connectivity index (χ1) is 9.95. The number of benzene rings is 2. The van der Waals surface area contributed by atoms with Crippen LogP contribution in [0.2, 0.25) is 5.02 Å². The van der Waals surface area contributed by atoms with Gasteiger partial charge in [0.15, 0.2) is 0 Å². The minimum absolute atomic E-state index is 0.0857. The molecule has 1 amide bonds. The average molecular weight is 386 g/mol. The fraction of sp³-hybridized carbons (Fsp3) is 0.133. The Hall–Kier alpha value is -1.17. The van der Waals surface area contributed by atoms with Crippen LogP contribution in [0.1, 0.15) is 5.56 Å². The first-order valence-corrected chi connectivity index (χ1v) is 8.35. The second-order valence-corrected chi connectivity index (χ2v) is 6.79. The summed E-state index contributed by atoms with van der Waals surface area (Å²) in [5.74, 6) is 0.196. The molecule has 0 saturated heterocycles. The first kappa shape index (κ1) is 16.2. The lowest BCUT2D eigenvalue weighted by Gasteiger charge is -2.09. The number of rotatable bonds is 4. The van der Waals surface area contributed by atoms with Gasteiger partial charge in [-0.25, -0.2) is 0 Å². The van der Waals surface area contributed by atoms with E-state index in [0.29, 0.717) is 10.7 Å². The largest absolute Gasteiger partial charge is 0.399 e. The van der Waals surface area contributed by atoms with Crippen LogP contribution in [-0.2, 0) is 4.79 Å². The zero-order valence-electron chi connectivity index (χ0n) is 11.3. The van der Waals surface area contributed by atoms with Crippen molar-refractivity contribution >= 4 is 56.6 Å². The van der Waals surface area contributed by atoms with Crippen LogP contribution in [0.3, 0.4) is 0 Å². The van der Waals surface area contributed by atoms with Gasteiger partial charge in [0.2, 0.25) is 5.91 Å². The molecule has 0 saturated carbocycles. The fourth-order valence-corrected chi connectivity index (χ4v) is 3.35. The molecule has 0 bridgehead atoms. The highest BCUT2D eigenvalue weighted by atomic mass is 79.9. The third-order valence-electron chi connectivity index (χ3n) is 2.71. The summed E-state index contributed by atoms with van der Waals surface area (Å²) in [7, 11) is 0. The van der Waals surface area contributed by atoms with Gasteiger partial charge in [-0.3, -0.25) is 4.79 Å². The standard InChI is InChI=1S/C15H14BrClN2OS/c1-9-2-4-13(11(16)6-9)19-15(20)8-21-14-5-3-10(18)7-12(14)17/h2-7H,8,18H2,1H3,(H,19,20). The zero-order chi connectivity index (χ0) is 15.4. The van der Waals surface area contributed by atoms with Gasteiger partial charge < -0.3 is 11.1 Å². The Bertz CT molecular complexity index is 679. The van der Waals surface area contributed by atoms with E-state index in [-0.39, 0.29) is 11.7 Å².